The molecule has 1 saturated heterocycles. The first-order chi connectivity index (χ1) is 12.6. The normalized spacial score (nSPS) is 13.4. The summed E-state index contributed by atoms with van der Waals surface area (Å²) in [6.45, 7) is 3.83. The maximum Gasteiger partial charge on any atom is 0.321 e. The molecule has 0 atom stereocenters. The molecule has 2 aromatic carbocycles. The van der Waals surface area contributed by atoms with E-state index in [-0.39, 0.29) is 11.9 Å². The first kappa shape index (κ1) is 17.8. The van der Waals surface area contributed by atoms with Crippen LogP contribution in [-0.4, -0.2) is 31.6 Å². The number of hydrogen-bond donors (Lipinski definition) is 2. The SMILES string of the molecule is Cc1cccc(OCCCC(=O)Nc2ccc(N3CCNC3=O)cc2)c1. The standard InChI is InChI=1S/C20H23N3O3/c1-15-4-2-5-18(14-15)26-13-3-6-19(24)22-16-7-9-17(10-8-16)23-12-11-21-20(23)25/h2,4-5,7-10,14H,3,6,11-13H2,1H3,(H,21,25)(H,22,24). The zero-order chi connectivity index (χ0) is 18.4. The highest BCUT2D eigenvalue weighted by molar-refractivity contribution is 5.95. The molecule has 0 radical (unpaired) electrons. The Morgan fingerprint density at radius 3 is 2.73 bits per heavy atom. The summed E-state index contributed by atoms with van der Waals surface area (Å²) in [7, 11) is 0. The third kappa shape index (κ3) is 4.75. The van der Waals surface area contributed by atoms with Gasteiger partial charge in [-0.25, -0.2) is 4.79 Å². The van der Waals surface area contributed by atoms with E-state index >= 15 is 0 Å². The summed E-state index contributed by atoms with van der Waals surface area (Å²) in [5, 5.41) is 5.63. The number of ether oxygens (including phenoxy) is 1. The smallest absolute Gasteiger partial charge is 0.321 e. The fraction of sp³-hybridized carbons (Fsp3) is 0.300. The molecule has 0 aromatic heterocycles. The lowest BCUT2D eigenvalue weighted by molar-refractivity contribution is -0.116. The second-order valence-corrected chi connectivity index (χ2v) is 6.25. The van der Waals surface area contributed by atoms with Crippen LogP contribution in [-0.2, 0) is 4.79 Å². The van der Waals surface area contributed by atoms with E-state index in [0.29, 0.717) is 32.5 Å². The molecule has 2 aromatic rings. The summed E-state index contributed by atoms with van der Waals surface area (Å²) in [5.74, 6) is 0.774. The first-order valence-electron chi connectivity index (χ1n) is 8.76. The molecule has 0 saturated carbocycles. The summed E-state index contributed by atoms with van der Waals surface area (Å²) in [6, 6.07) is 15.1. The molecule has 1 fully saturated rings. The van der Waals surface area contributed by atoms with Crippen LogP contribution in [0.4, 0.5) is 16.2 Å². The number of aryl methyl sites for hydroxylation is 1. The Kier molecular flexibility index (Phi) is 5.73. The number of anilines is 2. The number of hydrogen-bond acceptors (Lipinski definition) is 3. The number of nitrogens with zero attached hydrogens (tertiary/aromatic N) is 1. The molecule has 1 heterocycles. The topological polar surface area (TPSA) is 70.7 Å². The zero-order valence-corrected chi connectivity index (χ0v) is 14.8. The summed E-state index contributed by atoms with van der Waals surface area (Å²) < 4.78 is 5.65. The summed E-state index contributed by atoms with van der Waals surface area (Å²) >= 11 is 0. The molecule has 26 heavy (non-hydrogen) atoms. The molecule has 0 bridgehead atoms. The van der Waals surface area contributed by atoms with E-state index in [2.05, 4.69) is 10.6 Å². The Hall–Kier alpha value is -3.02. The lowest BCUT2D eigenvalue weighted by Crippen LogP contribution is -2.27. The Balaban J connectivity index is 1.41. The number of nitrogens with one attached hydrogen (secondary N) is 2. The quantitative estimate of drug-likeness (QED) is 0.750. The molecule has 0 aliphatic carbocycles. The van der Waals surface area contributed by atoms with Crippen LogP contribution in [0.3, 0.4) is 0 Å². The van der Waals surface area contributed by atoms with Gasteiger partial charge in [-0.3, -0.25) is 9.69 Å². The van der Waals surface area contributed by atoms with Crippen molar-refractivity contribution in [3.63, 3.8) is 0 Å². The molecule has 6 heteroatoms. The summed E-state index contributed by atoms with van der Waals surface area (Å²) in [5.41, 5.74) is 2.69. The fourth-order valence-corrected chi connectivity index (χ4v) is 2.79. The minimum atomic E-state index is -0.0876. The van der Waals surface area contributed by atoms with Gasteiger partial charge in [0.2, 0.25) is 5.91 Å². The molecule has 3 amide bonds. The lowest BCUT2D eigenvalue weighted by Gasteiger charge is -2.14. The molecule has 6 nitrogen and oxygen atoms in total. The van der Waals surface area contributed by atoms with Crippen molar-refractivity contribution in [3.05, 3.63) is 54.1 Å². The third-order valence-corrected chi connectivity index (χ3v) is 4.13. The predicted molar refractivity (Wildman–Crippen MR) is 102 cm³/mol. The van der Waals surface area contributed by atoms with Gasteiger partial charge < -0.3 is 15.4 Å². The Bertz CT molecular complexity index is 774. The van der Waals surface area contributed by atoms with Crippen LogP contribution >= 0.6 is 0 Å². The number of benzene rings is 2. The number of urea groups is 1. The molecule has 0 unspecified atom stereocenters. The van der Waals surface area contributed by atoms with Crippen molar-refractivity contribution in [1.29, 1.82) is 0 Å². The Labute approximate surface area is 153 Å². The highest BCUT2D eigenvalue weighted by Crippen LogP contribution is 2.19. The summed E-state index contributed by atoms with van der Waals surface area (Å²) in [6.07, 6.45) is 1.04. The van der Waals surface area contributed by atoms with Gasteiger partial charge in [0.25, 0.3) is 0 Å². The number of carbonyl (C=O) groups excluding carboxylic acids is 2. The van der Waals surface area contributed by atoms with Gasteiger partial charge in [-0.2, -0.15) is 0 Å². The van der Waals surface area contributed by atoms with Gasteiger partial charge in [0.05, 0.1) is 6.61 Å². The lowest BCUT2D eigenvalue weighted by atomic mass is 10.2. The largest absolute Gasteiger partial charge is 0.494 e. The third-order valence-electron chi connectivity index (χ3n) is 4.13. The van der Waals surface area contributed by atoms with E-state index in [1.807, 2.05) is 55.5 Å². The molecular formula is C20H23N3O3. The monoisotopic (exact) mass is 353 g/mol. The van der Waals surface area contributed by atoms with E-state index in [0.717, 1.165) is 22.7 Å². The van der Waals surface area contributed by atoms with Gasteiger partial charge in [0.1, 0.15) is 5.75 Å². The van der Waals surface area contributed by atoms with Crippen molar-refractivity contribution in [2.75, 3.05) is 29.9 Å². The van der Waals surface area contributed by atoms with E-state index in [9.17, 15) is 9.59 Å². The van der Waals surface area contributed by atoms with Crippen LogP contribution in [0, 0.1) is 6.92 Å². The van der Waals surface area contributed by atoms with Crippen LogP contribution in [0.5, 0.6) is 5.75 Å². The number of carbonyl (C=O) groups is 2. The molecular weight excluding hydrogens is 330 g/mol. The van der Waals surface area contributed by atoms with Crippen LogP contribution < -0.4 is 20.3 Å². The van der Waals surface area contributed by atoms with Crippen molar-refractivity contribution >= 4 is 23.3 Å². The van der Waals surface area contributed by atoms with Crippen LogP contribution in [0.25, 0.3) is 0 Å². The molecule has 1 aliphatic heterocycles. The van der Waals surface area contributed by atoms with Crippen LogP contribution in [0.2, 0.25) is 0 Å². The van der Waals surface area contributed by atoms with E-state index < -0.39 is 0 Å². The number of amides is 3. The van der Waals surface area contributed by atoms with E-state index in [1.165, 1.54) is 0 Å². The van der Waals surface area contributed by atoms with E-state index in [1.54, 1.807) is 4.90 Å². The maximum atomic E-state index is 12.0. The van der Waals surface area contributed by atoms with Gasteiger partial charge in [0, 0.05) is 30.9 Å². The second kappa shape index (κ2) is 8.38. The van der Waals surface area contributed by atoms with Crippen LogP contribution in [0.15, 0.2) is 48.5 Å². The van der Waals surface area contributed by atoms with E-state index in [4.69, 9.17) is 4.74 Å². The summed E-state index contributed by atoms with van der Waals surface area (Å²) in [4.78, 5) is 25.3. The predicted octanol–water partition coefficient (Wildman–Crippen LogP) is 3.32. The van der Waals surface area contributed by atoms with Crippen molar-refractivity contribution < 1.29 is 14.3 Å². The van der Waals surface area contributed by atoms with Crippen molar-refractivity contribution in [2.45, 2.75) is 19.8 Å². The average molecular weight is 353 g/mol. The highest BCUT2D eigenvalue weighted by Gasteiger charge is 2.20. The number of rotatable bonds is 7. The van der Waals surface area contributed by atoms with Gasteiger partial charge in [0.15, 0.2) is 0 Å². The second-order valence-electron chi connectivity index (χ2n) is 6.25. The van der Waals surface area contributed by atoms with Crippen molar-refractivity contribution in [2.24, 2.45) is 0 Å². The minimum absolute atomic E-state index is 0.0514. The van der Waals surface area contributed by atoms with Gasteiger partial charge in [-0.15, -0.1) is 0 Å². The van der Waals surface area contributed by atoms with Gasteiger partial charge >= 0.3 is 6.03 Å². The molecule has 136 valence electrons. The molecule has 2 N–H and O–H groups in total. The highest BCUT2D eigenvalue weighted by atomic mass is 16.5. The maximum absolute atomic E-state index is 12.0. The minimum Gasteiger partial charge on any atom is -0.494 e. The average Bonchev–Trinajstić information content (AvgIpc) is 3.05. The molecule has 3 rings (SSSR count). The first-order valence-corrected chi connectivity index (χ1v) is 8.76. The molecule has 1 aliphatic rings. The fourth-order valence-electron chi connectivity index (χ4n) is 2.79. The zero-order valence-electron chi connectivity index (χ0n) is 14.8. The van der Waals surface area contributed by atoms with Crippen molar-refractivity contribution in [1.82, 2.24) is 5.32 Å². The molecule has 0 spiro atoms. The Morgan fingerprint density at radius 2 is 2.04 bits per heavy atom. The van der Waals surface area contributed by atoms with Crippen LogP contribution in [0.1, 0.15) is 18.4 Å². The van der Waals surface area contributed by atoms with Gasteiger partial charge in [-0.05, 0) is 55.3 Å². The van der Waals surface area contributed by atoms with Crippen molar-refractivity contribution in [3.8, 4) is 5.75 Å². The Morgan fingerprint density at radius 1 is 1.23 bits per heavy atom. The van der Waals surface area contributed by atoms with Gasteiger partial charge in [-0.1, -0.05) is 12.1 Å².